The molecule has 70 valence electrons. The molecule has 0 spiro atoms. The Balaban J connectivity index is 2.32. The lowest BCUT2D eigenvalue weighted by Crippen LogP contribution is -2.26. The zero-order valence-corrected chi connectivity index (χ0v) is 7.79. The number of benzene rings is 1. The van der Waals surface area contributed by atoms with Crippen molar-refractivity contribution >= 4 is 0 Å². The monoisotopic (exact) mass is 178 g/mol. The van der Waals surface area contributed by atoms with Gasteiger partial charge in [-0.3, -0.25) is 0 Å². The molecule has 0 amide bonds. The number of rotatable bonds is 1. The number of aliphatic hydroxyl groups is 1. The largest absolute Gasteiger partial charge is 0.487 e. The van der Waals surface area contributed by atoms with Gasteiger partial charge < -0.3 is 9.84 Å². The number of aliphatic hydroxyl groups excluding tert-OH is 1. The fourth-order valence-corrected chi connectivity index (χ4v) is 1.75. The van der Waals surface area contributed by atoms with E-state index in [2.05, 4.69) is 12.1 Å². The fraction of sp³-hybridized carbons (Fsp3) is 0.455. The highest BCUT2D eigenvalue weighted by Crippen LogP contribution is 2.30. The maximum absolute atomic E-state index is 8.98. The van der Waals surface area contributed by atoms with Crippen LogP contribution in [-0.4, -0.2) is 17.8 Å². The summed E-state index contributed by atoms with van der Waals surface area (Å²) in [6.07, 6.45) is 1.93. The van der Waals surface area contributed by atoms with Crippen molar-refractivity contribution in [1.29, 1.82) is 0 Å². The predicted octanol–water partition coefficient (Wildman–Crippen LogP) is 1.68. The second-order valence-electron chi connectivity index (χ2n) is 3.52. The molecule has 0 fully saturated rings. The summed E-state index contributed by atoms with van der Waals surface area (Å²) < 4.78 is 5.66. The lowest BCUT2D eigenvalue weighted by molar-refractivity contribution is 0.0971. The van der Waals surface area contributed by atoms with Crippen LogP contribution < -0.4 is 4.74 Å². The van der Waals surface area contributed by atoms with Crippen molar-refractivity contribution in [2.24, 2.45) is 0 Å². The lowest BCUT2D eigenvalue weighted by atomic mass is 10.00. The standard InChI is InChI=1S/C11H14O2/c1-8-3-2-4-9-5-6-10(7-12)13-11(8)9/h2-4,10,12H,5-7H2,1H3. The normalized spacial score (nSPS) is 20.6. The molecule has 2 nitrogen and oxygen atoms in total. The smallest absolute Gasteiger partial charge is 0.125 e. The van der Waals surface area contributed by atoms with E-state index in [-0.39, 0.29) is 12.7 Å². The first-order valence-electron chi connectivity index (χ1n) is 4.67. The summed E-state index contributed by atoms with van der Waals surface area (Å²) in [5.41, 5.74) is 2.43. The number of aryl methyl sites for hydroxylation is 2. The summed E-state index contributed by atoms with van der Waals surface area (Å²) in [6, 6.07) is 6.19. The van der Waals surface area contributed by atoms with Gasteiger partial charge in [-0.05, 0) is 30.9 Å². The molecular weight excluding hydrogens is 164 g/mol. The van der Waals surface area contributed by atoms with E-state index in [1.165, 1.54) is 5.56 Å². The summed E-state index contributed by atoms with van der Waals surface area (Å²) in [4.78, 5) is 0. The van der Waals surface area contributed by atoms with Gasteiger partial charge in [-0.1, -0.05) is 18.2 Å². The first-order chi connectivity index (χ1) is 6.31. The van der Waals surface area contributed by atoms with E-state index in [1.54, 1.807) is 0 Å². The summed E-state index contributed by atoms with van der Waals surface area (Å²) >= 11 is 0. The summed E-state index contributed by atoms with van der Waals surface area (Å²) in [7, 11) is 0. The van der Waals surface area contributed by atoms with Crippen LogP contribution in [0.2, 0.25) is 0 Å². The Morgan fingerprint density at radius 2 is 2.38 bits per heavy atom. The second-order valence-corrected chi connectivity index (χ2v) is 3.52. The Kier molecular flexibility index (Phi) is 2.23. The summed E-state index contributed by atoms with van der Waals surface area (Å²) in [5, 5.41) is 8.98. The highest BCUT2D eigenvalue weighted by atomic mass is 16.5. The predicted molar refractivity (Wildman–Crippen MR) is 51.0 cm³/mol. The number of fused-ring (bicyclic) bond motifs is 1. The molecule has 1 aromatic carbocycles. The molecule has 0 aliphatic carbocycles. The first-order valence-corrected chi connectivity index (χ1v) is 4.67. The molecular formula is C11H14O2. The van der Waals surface area contributed by atoms with E-state index < -0.39 is 0 Å². The molecule has 1 N–H and O–H groups in total. The van der Waals surface area contributed by atoms with Gasteiger partial charge >= 0.3 is 0 Å². The summed E-state index contributed by atoms with van der Waals surface area (Å²) in [5.74, 6) is 0.979. The summed E-state index contributed by atoms with van der Waals surface area (Å²) in [6.45, 7) is 2.16. The van der Waals surface area contributed by atoms with Gasteiger partial charge in [0.2, 0.25) is 0 Å². The van der Waals surface area contributed by atoms with Crippen molar-refractivity contribution in [2.45, 2.75) is 25.9 Å². The van der Waals surface area contributed by atoms with Gasteiger partial charge in [-0.15, -0.1) is 0 Å². The van der Waals surface area contributed by atoms with Crippen molar-refractivity contribution < 1.29 is 9.84 Å². The lowest BCUT2D eigenvalue weighted by Gasteiger charge is -2.25. The molecule has 2 heteroatoms. The van der Waals surface area contributed by atoms with Crippen LogP contribution in [0.4, 0.5) is 0 Å². The number of para-hydroxylation sites is 1. The van der Waals surface area contributed by atoms with Crippen LogP contribution in [0, 0.1) is 6.92 Å². The molecule has 1 atom stereocenters. The highest BCUT2D eigenvalue weighted by Gasteiger charge is 2.19. The molecule has 1 aromatic rings. The van der Waals surface area contributed by atoms with Gasteiger partial charge in [-0.25, -0.2) is 0 Å². The zero-order chi connectivity index (χ0) is 9.26. The zero-order valence-electron chi connectivity index (χ0n) is 7.79. The Morgan fingerprint density at radius 3 is 3.15 bits per heavy atom. The number of ether oxygens (including phenoxy) is 1. The molecule has 0 bridgehead atoms. The van der Waals surface area contributed by atoms with E-state index in [0.717, 1.165) is 24.2 Å². The van der Waals surface area contributed by atoms with Gasteiger partial charge in [0.1, 0.15) is 11.9 Å². The van der Waals surface area contributed by atoms with E-state index in [9.17, 15) is 0 Å². The molecule has 0 saturated carbocycles. The van der Waals surface area contributed by atoms with Crippen molar-refractivity contribution in [1.82, 2.24) is 0 Å². The Bertz CT molecular complexity index is 307. The van der Waals surface area contributed by atoms with Crippen molar-refractivity contribution in [3.05, 3.63) is 29.3 Å². The van der Waals surface area contributed by atoms with Crippen LogP contribution >= 0.6 is 0 Å². The second kappa shape index (κ2) is 3.38. The topological polar surface area (TPSA) is 29.5 Å². The maximum atomic E-state index is 8.98. The third-order valence-electron chi connectivity index (χ3n) is 2.52. The third kappa shape index (κ3) is 1.54. The number of hydrogen-bond acceptors (Lipinski definition) is 2. The molecule has 1 aliphatic rings. The molecule has 1 unspecified atom stereocenters. The van der Waals surface area contributed by atoms with E-state index in [1.807, 2.05) is 13.0 Å². The van der Waals surface area contributed by atoms with E-state index in [4.69, 9.17) is 9.84 Å². The van der Waals surface area contributed by atoms with Crippen LogP contribution in [0.15, 0.2) is 18.2 Å². The van der Waals surface area contributed by atoms with Gasteiger partial charge in [-0.2, -0.15) is 0 Å². The van der Waals surface area contributed by atoms with Crippen LogP contribution in [-0.2, 0) is 6.42 Å². The molecule has 0 aromatic heterocycles. The molecule has 0 saturated heterocycles. The van der Waals surface area contributed by atoms with Gasteiger partial charge in [0, 0.05) is 0 Å². The Morgan fingerprint density at radius 1 is 1.54 bits per heavy atom. The first kappa shape index (κ1) is 8.57. The third-order valence-corrected chi connectivity index (χ3v) is 2.52. The minimum absolute atomic E-state index is 0.00593. The van der Waals surface area contributed by atoms with E-state index in [0.29, 0.717) is 0 Å². The van der Waals surface area contributed by atoms with Crippen LogP contribution in [0.3, 0.4) is 0 Å². The molecule has 2 rings (SSSR count). The van der Waals surface area contributed by atoms with Crippen molar-refractivity contribution in [3.8, 4) is 5.75 Å². The maximum Gasteiger partial charge on any atom is 0.125 e. The van der Waals surface area contributed by atoms with Gasteiger partial charge in [0.15, 0.2) is 0 Å². The van der Waals surface area contributed by atoms with Crippen LogP contribution in [0.1, 0.15) is 17.5 Å². The molecule has 0 radical (unpaired) electrons. The molecule has 1 heterocycles. The quantitative estimate of drug-likeness (QED) is 0.709. The Labute approximate surface area is 78.2 Å². The Hall–Kier alpha value is -1.02. The SMILES string of the molecule is Cc1cccc2c1OC(CO)CC2. The molecule has 13 heavy (non-hydrogen) atoms. The minimum Gasteiger partial charge on any atom is -0.487 e. The van der Waals surface area contributed by atoms with Crippen LogP contribution in [0.5, 0.6) is 5.75 Å². The van der Waals surface area contributed by atoms with Gasteiger partial charge in [0.25, 0.3) is 0 Å². The number of hydrogen-bond donors (Lipinski definition) is 1. The van der Waals surface area contributed by atoms with E-state index >= 15 is 0 Å². The fourth-order valence-electron chi connectivity index (χ4n) is 1.75. The average molecular weight is 178 g/mol. The van der Waals surface area contributed by atoms with Crippen molar-refractivity contribution in [3.63, 3.8) is 0 Å². The minimum atomic E-state index is -0.00593. The van der Waals surface area contributed by atoms with Crippen molar-refractivity contribution in [2.75, 3.05) is 6.61 Å². The average Bonchev–Trinajstić information content (AvgIpc) is 2.18. The highest BCUT2D eigenvalue weighted by molar-refractivity contribution is 5.42. The molecule has 1 aliphatic heterocycles. The van der Waals surface area contributed by atoms with Gasteiger partial charge in [0.05, 0.1) is 6.61 Å². The van der Waals surface area contributed by atoms with Crippen LogP contribution in [0.25, 0.3) is 0 Å².